The third-order valence-electron chi connectivity index (χ3n) is 6.80. The number of likely N-dealkylation sites (N-methyl/N-ethyl adjacent to an activating group) is 1. The van der Waals surface area contributed by atoms with Crippen molar-refractivity contribution < 1.29 is 9.18 Å². The average Bonchev–Trinajstić information content (AvgIpc) is 2.89. The molecule has 0 radical (unpaired) electrons. The zero-order valence-electron chi connectivity index (χ0n) is 20.2. The second-order valence-electron chi connectivity index (χ2n) is 9.11. The Bertz CT molecular complexity index is 1250. The van der Waals surface area contributed by atoms with Gasteiger partial charge in [-0.3, -0.25) is 9.69 Å². The van der Waals surface area contributed by atoms with Crippen molar-refractivity contribution in [3.63, 3.8) is 0 Å². The van der Waals surface area contributed by atoms with Crippen LogP contribution in [-0.2, 0) is 11.3 Å². The Kier molecular flexibility index (Phi) is 7.04. The third kappa shape index (κ3) is 5.00. The van der Waals surface area contributed by atoms with E-state index in [0.29, 0.717) is 34.5 Å². The topological polar surface area (TPSA) is 81.8 Å². The molecule has 0 saturated carbocycles. The Hall–Kier alpha value is -3.27. The minimum Gasteiger partial charge on any atom is -0.369 e. The van der Waals surface area contributed by atoms with Gasteiger partial charge in [0.15, 0.2) is 11.6 Å². The van der Waals surface area contributed by atoms with Gasteiger partial charge in [0.1, 0.15) is 11.5 Å². The number of fused-ring (bicyclic) bond motifs is 1. The first-order chi connectivity index (χ1) is 17.4. The van der Waals surface area contributed by atoms with Crippen molar-refractivity contribution in [1.29, 1.82) is 0 Å². The van der Waals surface area contributed by atoms with Crippen LogP contribution in [0.15, 0.2) is 48.7 Å². The standard InChI is InChI=1S/C26H29ClFN7O/c1-32-23-15-30-25(18-3-6-21(7-4-18)34-12-10-33(9-8-29)11-13-34)31-26(23)35(17-24(32)36)16-19-2-5-20(27)14-22(19)28/h2-7,14-15H,8-13,16-17,29H2,1H3. The van der Waals surface area contributed by atoms with Gasteiger partial charge in [-0.25, -0.2) is 14.4 Å². The molecule has 3 aromatic rings. The van der Waals surface area contributed by atoms with Crippen molar-refractivity contribution in [2.45, 2.75) is 6.54 Å². The molecule has 10 heteroatoms. The zero-order chi connectivity index (χ0) is 25.2. The number of hydrogen-bond donors (Lipinski definition) is 1. The van der Waals surface area contributed by atoms with Gasteiger partial charge in [-0.1, -0.05) is 17.7 Å². The molecule has 1 fully saturated rings. The number of rotatable bonds is 6. The predicted molar refractivity (Wildman–Crippen MR) is 141 cm³/mol. The van der Waals surface area contributed by atoms with E-state index in [1.54, 1.807) is 35.2 Å². The van der Waals surface area contributed by atoms with Crippen LogP contribution >= 0.6 is 11.6 Å². The van der Waals surface area contributed by atoms with Crippen LogP contribution in [0.2, 0.25) is 5.02 Å². The molecule has 188 valence electrons. The highest BCUT2D eigenvalue weighted by Gasteiger charge is 2.29. The molecule has 0 bridgehead atoms. The first kappa shape index (κ1) is 24.4. The molecule has 1 aromatic heterocycles. The van der Waals surface area contributed by atoms with Crippen LogP contribution in [0.1, 0.15) is 5.56 Å². The highest BCUT2D eigenvalue weighted by Crippen LogP contribution is 2.34. The van der Waals surface area contributed by atoms with E-state index in [-0.39, 0.29) is 19.0 Å². The van der Waals surface area contributed by atoms with Crippen molar-refractivity contribution in [3.8, 4) is 11.4 Å². The molecular weight excluding hydrogens is 481 g/mol. The molecule has 2 N–H and O–H groups in total. The zero-order valence-corrected chi connectivity index (χ0v) is 21.0. The second kappa shape index (κ2) is 10.4. The Balaban J connectivity index is 1.38. The molecule has 0 atom stereocenters. The SMILES string of the molecule is CN1C(=O)CN(Cc2ccc(Cl)cc2F)c2nc(-c3ccc(N4CCN(CCN)CC4)cc3)ncc21. The van der Waals surface area contributed by atoms with E-state index in [0.717, 1.165) is 44.0 Å². The molecule has 0 unspecified atom stereocenters. The molecule has 8 nitrogen and oxygen atoms in total. The summed E-state index contributed by atoms with van der Waals surface area (Å²) >= 11 is 5.91. The summed E-state index contributed by atoms with van der Waals surface area (Å²) < 4.78 is 14.5. The van der Waals surface area contributed by atoms with Crippen LogP contribution < -0.4 is 20.4 Å². The number of halogens is 2. The number of nitrogens with two attached hydrogens (primary N) is 1. The molecule has 0 aliphatic carbocycles. The van der Waals surface area contributed by atoms with Gasteiger partial charge < -0.3 is 20.4 Å². The van der Waals surface area contributed by atoms with Crippen LogP contribution in [0, 0.1) is 5.82 Å². The maximum atomic E-state index is 14.5. The van der Waals surface area contributed by atoms with E-state index >= 15 is 0 Å². The fraction of sp³-hybridized carbons (Fsp3) is 0.346. The molecule has 3 heterocycles. The van der Waals surface area contributed by atoms with Crippen LogP contribution in [0.3, 0.4) is 0 Å². The molecule has 0 spiro atoms. The average molecular weight is 510 g/mol. The van der Waals surface area contributed by atoms with Gasteiger partial charge in [0.05, 0.1) is 12.7 Å². The van der Waals surface area contributed by atoms with Crippen molar-refractivity contribution in [3.05, 3.63) is 65.1 Å². The van der Waals surface area contributed by atoms with Gasteiger partial charge in [-0.15, -0.1) is 0 Å². The van der Waals surface area contributed by atoms with Crippen LogP contribution in [0.5, 0.6) is 0 Å². The highest BCUT2D eigenvalue weighted by atomic mass is 35.5. The van der Waals surface area contributed by atoms with E-state index in [1.165, 1.54) is 6.07 Å². The van der Waals surface area contributed by atoms with Crippen molar-refractivity contribution in [2.24, 2.45) is 5.73 Å². The first-order valence-electron chi connectivity index (χ1n) is 12.0. The van der Waals surface area contributed by atoms with E-state index in [9.17, 15) is 9.18 Å². The minimum atomic E-state index is -0.413. The van der Waals surface area contributed by atoms with Crippen molar-refractivity contribution >= 4 is 34.7 Å². The summed E-state index contributed by atoms with van der Waals surface area (Å²) in [6.07, 6.45) is 1.66. The predicted octanol–water partition coefficient (Wildman–Crippen LogP) is 3.00. The van der Waals surface area contributed by atoms with E-state index in [4.69, 9.17) is 22.3 Å². The van der Waals surface area contributed by atoms with Gasteiger partial charge in [0, 0.05) is 74.7 Å². The van der Waals surface area contributed by atoms with Crippen molar-refractivity contribution in [2.75, 3.05) is 67.6 Å². The molecule has 1 saturated heterocycles. The molecular formula is C26H29ClFN7O. The maximum absolute atomic E-state index is 14.5. The lowest BCUT2D eigenvalue weighted by Gasteiger charge is -2.36. The molecule has 5 rings (SSSR count). The first-order valence-corrected chi connectivity index (χ1v) is 12.4. The van der Waals surface area contributed by atoms with Crippen LogP contribution in [-0.4, -0.2) is 73.6 Å². The number of anilines is 3. The number of hydrogen-bond acceptors (Lipinski definition) is 7. The largest absolute Gasteiger partial charge is 0.369 e. The number of carbonyl (C=O) groups is 1. The summed E-state index contributed by atoms with van der Waals surface area (Å²) in [5.41, 5.74) is 8.76. The summed E-state index contributed by atoms with van der Waals surface area (Å²) in [4.78, 5) is 30.0. The second-order valence-corrected chi connectivity index (χ2v) is 9.55. The van der Waals surface area contributed by atoms with Gasteiger partial charge in [-0.05, 0) is 36.4 Å². The molecule has 2 aliphatic heterocycles. The summed E-state index contributed by atoms with van der Waals surface area (Å²) in [6, 6.07) is 12.8. The molecule has 2 aromatic carbocycles. The minimum absolute atomic E-state index is 0.0943. The summed E-state index contributed by atoms with van der Waals surface area (Å²) in [5, 5.41) is 0.330. The third-order valence-corrected chi connectivity index (χ3v) is 7.03. The Morgan fingerprint density at radius 1 is 1.08 bits per heavy atom. The van der Waals surface area contributed by atoms with E-state index < -0.39 is 5.82 Å². The lowest BCUT2D eigenvalue weighted by molar-refractivity contribution is -0.117. The number of benzene rings is 2. The van der Waals surface area contributed by atoms with Crippen LogP contribution in [0.4, 0.5) is 21.6 Å². The molecule has 2 aliphatic rings. The quantitative estimate of drug-likeness (QED) is 0.547. The van der Waals surface area contributed by atoms with Crippen molar-refractivity contribution in [1.82, 2.24) is 14.9 Å². The summed E-state index contributed by atoms with van der Waals surface area (Å²) in [5.74, 6) is 0.627. The van der Waals surface area contributed by atoms with E-state index in [1.807, 2.05) is 12.1 Å². The van der Waals surface area contributed by atoms with Gasteiger partial charge in [-0.2, -0.15) is 0 Å². The Labute approximate surface area is 215 Å². The Morgan fingerprint density at radius 2 is 1.83 bits per heavy atom. The maximum Gasteiger partial charge on any atom is 0.246 e. The number of piperazine rings is 1. The molecule has 1 amide bonds. The monoisotopic (exact) mass is 509 g/mol. The smallest absolute Gasteiger partial charge is 0.246 e. The van der Waals surface area contributed by atoms with Gasteiger partial charge in [0.25, 0.3) is 0 Å². The summed E-state index contributed by atoms with van der Waals surface area (Å²) in [7, 11) is 1.70. The van der Waals surface area contributed by atoms with E-state index in [2.05, 4.69) is 26.9 Å². The van der Waals surface area contributed by atoms with Crippen LogP contribution in [0.25, 0.3) is 11.4 Å². The normalized spacial score (nSPS) is 16.4. The number of aromatic nitrogens is 2. The number of amides is 1. The fourth-order valence-electron chi connectivity index (χ4n) is 4.67. The fourth-order valence-corrected chi connectivity index (χ4v) is 4.83. The molecule has 36 heavy (non-hydrogen) atoms. The summed E-state index contributed by atoms with van der Waals surface area (Å²) in [6.45, 7) is 5.84. The van der Waals surface area contributed by atoms with Gasteiger partial charge in [0.2, 0.25) is 5.91 Å². The number of nitrogens with zero attached hydrogens (tertiary/aromatic N) is 6. The van der Waals surface area contributed by atoms with Gasteiger partial charge >= 0.3 is 0 Å². The highest BCUT2D eigenvalue weighted by molar-refractivity contribution is 6.30. The lowest BCUT2D eigenvalue weighted by Crippen LogP contribution is -2.47. The number of carbonyl (C=O) groups excluding carboxylic acids is 1. The lowest BCUT2D eigenvalue weighted by atomic mass is 10.1. The Morgan fingerprint density at radius 3 is 2.53 bits per heavy atom.